The van der Waals surface area contributed by atoms with Gasteiger partial charge in [0, 0.05) is 24.4 Å². The number of nitrogens with zero attached hydrogens (tertiary/aromatic N) is 2. The van der Waals surface area contributed by atoms with Crippen LogP contribution < -0.4 is 9.47 Å². The summed E-state index contributed by atoms with van der Waals surface area (Å²) in [6.45, 7) is 0.698. The zero-order chi connectivity index (χ0) is 28.5. The smallest absolute Gasteiger partial charge is 0.185 e. The van der Waals surface area contributed by atoms with Gasteiger partial charge in [0.25, 0.3) is 0 Å². The molecular formula is C36H34N2O3. The van der Waals surface area contributed by atoms with Crippen LogP contribution in [0, 0.1) is 0 Å². The van der Waals surface area contributed by atoms with Crippen LogP contribution in [0.4, 0.5) is 0 Å². The van der Waals surface area contributed by atoms with E-state index in [1.807, 2.05) is 12.4 Å². The summed E-state index contributed by atoms with van der Waals surface area (Å²) in [4.78, 5) is 17.5. The second-order valence-electron chi connectivity index (χ2n) is 9.95. The lowest BCUT2D eigenvalue weighted by Gasteiger charge is -2.36. The van der Waals surface area contributed by atoms with E-state index in [1.54, 1.807) is 38.5 Å². The van der Waals surface area contributed by atoms with Crippen molar-refractivity contribution in [1.82, 2.24) is 9.55 Å². The van der Waals surface area contributed by atoms with Gasteiger partial charge in [-0.1, -0.05) is 97.1 Å². The molecule has 41 heavy (non-hydrogen) atoms. The summed E-state index contributed by atoms with van der Waals surface area (Å²) in [6, 6.07) is 37.2. The molecule has 0 aliphatic rings. The molecule has 0 saturated heterocycles. The molecule has 5 rings (SSSR count). The number of ether oxygens (including phenoxy) is 2. The highest BCUT2D eigenvalue weighted by molar-refractivity contribution is 6.05. The third kappa shape index (κ3) is 6.30. The van der Waals surface area contributed by atoms with Crippen LogP contribution in [0.3, 0.4) is 0 Å². The summed E-state index contributed by atoms with van der Waals surface area (Å²) in [5.74, 6) is 1.08. The van der Waals surface area contributed by atoms with E-state index in [2.05, 4.69) is 102 Å². The minimum Gasteiger partial charge on any atom is -0.497 e. The van der Waals surface area contributed by atoms with Crippen molar-refractivity contribution in [3.8, 4) is 11.5 Å². The summed E-state index contributed by atoms with van der Waals surface area (Å²) in [6.07, 6.45) is 8.96. The summed E-state index contributed by atoms with van der Waals surface area (Å²) in [7, 11) is 3.14. The van der Waals surface area contributed by atoms with Gasteiger partial charge in [0.2, 0.25) is 0 Å². The van der Waals surface area contributed by atoms with Crippen molar-refractivity contribution >= 4 is 5.78 Å². The fraction of sp³-hybridized carbons (Fsp3) is 0.167. The normalized spacial score (nSPS) is 11.5. The standard InChI is InChI=1S/C36H34N2O3/c1-40-33-22-28(23-34(24-33)41-2)35(39)21-13-12-20-32-25-38(27-37-32)26-36(29-14-6-3-7-15-29,30-16-8-4-9-17-30)31-18-10-5-11-19-31/h3-11,13-19,21-25,27H,12,20,26H2,1-2H3/b21-13+. The quantitative estimate of drug-likeness (QED) is 0.0943. The number of hydrogen-bond donors (Lipinski definition) is 0. The number of ketones is 1. The molecule has 0 fully saturated rings. The zero-order valence-electron chi connectivity index (χ0n) is 23.4. The maximum Gasteiger partial charge on any atom is 0.185 e. The van der Waals surface area contributed by atoms with Crippen LogP contribution >= 0.6 is 0 Å². The van der Waals surface area contributed by atoms with E-state index in [0.717, 1.165) is 12.1 Å². The Morgan fingerprint density at radius 2 is 1.29 bits per heavy atom. The van der Waals surface area contributed by atoms with E-state index < -0.39 is 5.41 Å². The van der Waals surface area contributed by atoms with Crippen LogP contribution in [0.25, 0.3) is 0 Å². The van der Waals surface area contributed by atoms with Crippen molar-refractivity contribution in [2.45, 2.75) is 24.8 Å². The number of hydrogen-bond acceptors (Lipinski definition) is 4. The van der Waals surface area contributed by atoms with Crippen LogP contribution in [0.1, 0.15) is 39.2 Å². The molecular weight excluding hydrogens is 508 g/mol. The molecule has 0 bridgehead atoms. The van der Waals surface area contributed by atoms with Gasteiger partial charge in [-0.15, -0.1) is 0 Å². The Morgan fingerprint density at radius 1 is 0.780 bits per heavy atom. The maximum atomic E-state index is 12.7. The number of allylic oxidation sites excluding steroid dienone is 2. The van der Waals surface area contributed by atoms with E-state index in [4.69, 9.17) is 14.5 Å². The zero-order valence-corrected chi connectivity index (χ0v) is 23.4. The fourth-order valence-electron chi connectivity index (χ4n) is 5.31. The molecule has 0 saturated carbocycles. The van der Waals surface area contributed by atoms with E-state index in [1.165, 1.54) is 16.7 Å². The molecule has 0 amide bonds. The lowest BCUT2D eigenvalue weighted by atomic mass is 9.69. The average molecular weight is 543 g/mol. The van der Waals surface area contributed by atoms with Gasteiger partial charge in [0.15, 0.2) is 5.78 Å². The van der Waals surface area contributed by atoms with Crippen molar-refractivity contribution in [1.29, 1.82) is 0 Å². The van der Waals surface area contributed by atoms with Gasteiger partial charge < -0.3 is 14.0 Å². The largest absolute Gasteiger partial charge is 0.497 e. The number of benzene rings is 4. The van der Waals surface area contributed by atoms with Crippen LogP contribution in [0.2, 0.25) is 0 Å². The molecule has 5 heteroatoms. The molecule has 0 N–H and O–H groups in total. The molecule has 0 aliphatic carbocycles. The number of carbonyl (C=O) groups excluding carboxylic acids is 1. The van der Waals surface area contributed by atoms with Gasteiger partial charge in [-0.05, 0) is 47.7 Å². The van der Waals surface area contributed by atoms with Crippen LogP contribution in [-0.4, -0.2) is 29.6 Å². The second kappa shape index (κ2) is 13.0. The Morgan fingerprint density at radius 3 is 1.78 bits per heavy atom. The molecule has 0 atom stereocenters. The van der Waals surface area contributed by atoms with Crippen LogP contribution in [-0.2, 0) is 18.4 Å². The van der Waals surface area contributed by atoms with Gasteiger partial charge in [-0.25, -0.2) is 4.98 Å². The Balaban J connectivity index is 1.36. The monoisotopic (exact) mass is 542 g/mol. The minimum absolute atomic E-state index is 0.0916. The Bertz CT molecular complexity index is 1470. The second-order valence-corrected chi connectivity index (χ2v) is 9.95. The number of imidazole rings is 1. The average Bonchev–Trinajstić information content (AvgIpc) is 3.49. The predicted molar refractivity (Wildman–Crippen MR) is 163 cm³/mol. The van der Waals surface area contributed by atoms with Crippen molar-refractivity contribution in [2.24, 2.45) is 0 Å². The van der Waals surface area contributed by atoms with Crippen LogP contribution in [0.15, 0.2) is 134 Å². The van der Waals surface area contributed by atoms with Gasteiger partial charge in [-0.3, -0.25) is 4.79 Å². The summed E-state index contributed by atoms with van der Waals surface area (Å²) in [5, 5.41) is 0. The van der Waals surface area contributed by atoms with Crippen molar-refractivity contribution in [3.63, 3.8) is 0 Å². The number of rotatable bonds is 12. The van der Waals surface area contributed by atoms with E-state index >= 15 is 0 Å². The first-order valence-electron chi connectivity index (χ1n) is 13.7. The molecule has 206 valence electrons. The SMILES string of the molecule is COc1cc(OC)cc(C(=O)/C=C/CCc2cn(CC(c3ccccc3)(c3ccccc3)c3ccccc3)cn2)c1. The van der Waals surface area contributed by atoms with Crippen molar-refractivity contribution < 1.29 is 14.3 Å². The van der Waals surface area contributed by atoms with Gasteiger partial charge in [0.05, 0.1) is 31.7 Å². The molecule has 0 spiro atoms. The highest BCUT2D eigenvalue weighted by Crippen LogP contribution is 2.40. The lowest BCUT2D eigenvalue weighted by molar-refractivity contribution is 0.104. The minimum atomic E-state index is -0.397. The van der Waals surface area contributed by atoms with Gasteiger partial charge in [0.1, 0.15) is 11.5 Å². The molecule has 0 unspecified atom stereocenters. The fourth-order valence-corrected chi connectivity index (χ4v) is 5.31. The Labute approximate surface area is 241 Å². The van der Waals surface area contributed by atoms with E-state index in [9.17, 15) is 4.79 Å². The molecule has 1 heterocycles. The maximum absolute atomic E-state index is 12.7. The van der Waals surface area contributed by atoms with E-state index in [-0.39, 0.29) is 5.78 Å². The number of methoxy groups -OCH3 is 2. The van der Waals surface area contributed by atoms with Gasteiger partial charge in [-0.2, -0.15) is 0 Å². The molecule has 4 aromatic carbocycles. The van der Waals surface area contributed by atoms with Crippen LogP contribution in [0.5, 0.6) is 11.5 Å². The molecule has 0 radical (unpaired) electrons. The van der Waals surface area contributed by atoms with E-state index in [0.29, 0.717) is 30.0 Å². The third-order valence-corrected chi connectivity index (χ3v) is 7.38. The summed E-state index contributed by atoms with van der Waals surface area (Å²) in [5.41, 5.74) is 4.79. The number of aromatic nitrogens is 2. The molecule has 5 nitrogen and oxygen atoms in total. The predicted octanol–water partition coefficient (Wildman–Crippen LogP) is 7.31. The lowest BCUT2D eigenvalue weighted by Crippen LogP contribution is -2.34. The molecule has 1 aromatic heterocycles. The first-order valence-corrected chi connectivity index (χ1v) is 13.7. The summed E-state index contributed by atoms with van der Waals surface area (Å²) < 4.78 is 12.8. The highest BCUT2D eigenvalue weighted by atomic mass is 16.5. The third-order valence-electron chi connectivity index (χ3n) is 7.38. The Kier molecular flexibility index (Phi) is 8.75. The molecule has 5 aromatic rings. The first kappa shape index (κ1) is 27.7. The number of aryl methyl sites for hydroxylation is 1. The Hall–Kier alpha value is -4.90. The highest BCUT2D eigenvalue weighted by Gasteiger charge is 2.36. The van der Waals surface area contributed by atoms with Gasteiger partial charge >= 0.3 is 0 Å². The van der Waals surface area contributed by atoms with Crippen molar-refractivity contribution in [2.75, 3.05) is 14.2 Å². The number of carbonyl (C=O) groups is 1. The van der Waals surface area contributed by atoms with Crippen molar-refractivity contribution in [3.05, 3.63) is 162 Å². The topological polar surface area (TPSA) is 53.4 Å². The first-order chi connectivity index (χ1) is 20.1. The summed E-state index contributed by atoms with van der Waals surface area (Å²) >= 11 is 0. The molecule has 0 aliphatic heterocycles.